The van der Waals surface area contributed by atoms with Crippen molar-refractivity contribution < 1.29 is 9.53 Å². The Morgan fingerprint density at radius 2 is 2.30 bits per heavy atom. The van der Waals surface area contributed by atoms with Gasteiger partial charge in [0.2, 0.25) is 5.91 Å². The lowest BCUT2D eigenvalue weighted by Gasteiger charge is -2.34. The van der Waals surface area contributed by atoms with Crippen molar-refractivity contribution in [1.29, 1.82) is 5.26 Å². The summed E-state index contributed by atoms with van der Waals surface area (Å²) in [5.41, 5.74) is 0.580. The molecule has 0 bridgehead atoms. The summed E-state index contributed by atoms with van der Waals surface area (Å²) in [6.07, 6.45) is 0. The van der Waals surface area contributed by atoms with Crippen LogP contribution in [0.2, 0.25) is 0 Å². The van der Waals surface area contributed by atoms with Gasteiger partial charge in [-0.05, 0) is 29.6 Å². The first-order chi connectivity index (χ1) is 11.3. The fourth-order valence-corrected chi connectivity index (χ4v) is 3.50. The number of rotatable bonds is 5. The topological polar surface area (TPSA) is 65.4 Å². The summed E-state index contributed by atoms with van der Waals surface area (Å²) in [7, 11) is 0. The van der Waals surface area contributed by atoms with Crippen molar-refractivity contribution in [2.75, 3.05) is 26.2 Å². The third kappa shape index (κ3) is 3.70. The predicted molar refractivity (Wildman–Crippen MR) is 88.3 cm³/mol. The van der Waals surface area contributed by atoms with Gasteiger partial charge < -0.3 is 10.1 Å². The summed E-state index contributed by atoms with van der Waals surface area (Å²) in [5.74, 6) is 0.725. The van der Waals surface area contributed by atoms with E-state index in [1.54, 1.807) is 29.5 Å². The fourth-order valence-electron chi connectivity index (χ4n) is 2.65. The monoisotopic (exact) mass is 327 g/mol. The van der Waals surface area contributed by atoms with Crippen LogP contribution >= 0.6 is 11.3 Å². The molecule has 3 rings (SSSR count). The average Bonchev–Trinajstić information content (AvgIpc) is 3.09. The van der Waals surface area contributed by atoms with Crippen LogP contribution in [-0.2, 0) is 4.79 Å². The maximum atomic E-state index is 12.2. The van der Waals surface area contributed by atoms with E-state index in [0.29, 0.717) is 31.0 Å². The van der Waals surface area contributed by atoms with Crippen LogP contribution in [0.15, 0.2) is 41.8 Å². The minimum Gasteiger partial charge on any atom is -0.492 e. The molecule has 1 fully saturated rings. The Hall–Kier alpha value is -2.36. The molecule has 2 aromatic rings. The highest BCUT2D eigenvalue weighted by Crippen LogP contribution is 2.26. The smallest absolute Gasteiger partial charge is 0.242 e. The van der Waals surface area contributed by atoms with Gasteiger partial charge in [0, 0.05) is 24.5 Å². The lowest BCUT2D eigenvalue weighted by Crippen LogP contribution is -2.50. The molecular weight excluding hydrogens is 310 g/mol. The number of hydrogen-bond donors (Lipinski definition) is 1. The third-order valence-corrected chi connectivity index (χ3v) is 4.66. The highest BCUT2D eigenvalue weighted by Gasteiger charge is 2.31. The molecule has 1 amide bonds. The van der Waals surface area contributed by atoms with E-state index in [1.165, 1.54) is 0 Å². The zero-order chi connectivity index (χ0) is 16.1. The molecule has 0 spiro atoms. The molecule has 0 saturated carbocycles. The SMILES string of the molecule is N#Cc1cccc(OCCN2CCNC(=O)[C@@H]2c2cccs2)c1. The van der Waals surface area contributed by atoms with Crippen molar-refractivity contribution in [2.24, 2.45) is 0 Å². The first-order valence-electron chi connectivity index (χ1n) is 7.46. The van der Waals surface area contributed by atoms with Crippen molar-refractivity contribution in [1.82, 2.24) is 10.2 Å². The zero-order valence-electron chi connectivity index (χ0n) is 12.6. The molecule has 6 heteroatoms. The second-order valence-corrected chi connectivity index (χ2v) is 6.21. The summed E-state index contributed by atoms with van der Waals surface area (Å²) in [6.45, 7) is 2.59. The van der Waals surface area contributed by atoms with E-state index in [1.807, 2.05) is 23.6 Å². The number of piperazine rings is 1. The van der Waals surface area contributed by atoms with Gasteiger partial charge in [-0.15, -0.1) is 11.3 Å². The van der Waals surface area contributed by atoms with Gasteiger partial charge in [0.1, 0.15) is 18.4 Å². The van der Waals surface area contributed by atoms with Crippen LogP contribution in [0.25, 0.3) is 0 Å². The number of nitriles is 1. The normalized spacial score (nSPS) is 18.2. The van der Waals surface area contributed by atoms with Crippen molar-refractivity contribution in [3.63, 3.8) is 0 Å². The number of carbonyl (C=O) groups excluding carboxylic acids is 1. The lowest BCUT2D eigenvalue weighted by atomic mass is 10.1. The van der Waals surface area contributed by atoms with Crippen LogP contribution in [-0.4, -0.2) is 37.0 Å². The van der Waals surface area contributed by atoms with Crippen molar-refractivity contribution >= 4 is 17.2 Å². The van der Waals surface area contributed by atoms with Crippen LogP contribution in [0.1, 0.15) is 16.5 Å². The number of carbonyl (C=O) groups is 1. The van der Waals surface area contributed by atoms with Crippen LogP contribution in [0, 0.1) is 11.3 Å². The molecule has 23 heavy (non-hydrogen) atoms. The molecule has 1 aliphatic rings. The summed E-state index contributed by atoms with van der Waals surface area (Å²) < 4.78 is 5.73. The molecule has 1 aromatic heterocycles. The van der Waals surface area contributed by atoms with Gasteiger partial charge in [0.25, 0.3) is 0 Å². The van der Waals surface area contributed by atoms with E-state index >= 15 is 0 Å². The largest absolute Gasteiger partial charge is 0.492 e. The van der Waals surface area contributed by atoms with Gasteiger partial charge in [-0.2, -0.15) is 5.26 Å². The van der Waals surface area contributed by atoms with Crippen LogP contribution in [0.5, 0.6) is 5.75 Å². The number of nitrogens with one attached hydrogen (secondary N) is 1. The molecule has 1 aromatic carbocycles. The van der Waals surface area contributed by atoms with Gasteiger partial charge in [-0.3, -0.25) is 9.69 Å². The number of benzene rings is 1. The minimum atomic E-state index is -0.238. The first-order valence-corrected chi connectivity index (χ1v) is 8.34. The Morgan fingerprint density at radius 3 is 3.09 bits per heavy atom. The number of hydrogen-bond acceptors (Lipinski definition) is 5. The number of amides is 1. The van der Waals surface area contributed by atoms with Gasteiger partial charge in [-0.1, -0.05) is 12.1 Å². The predicted octanol–water partition coefficient (Wildman–Crippen LogP) is 2.17. The van der Waals surface area contributed by atoms with Crippen molar-refractivity contribution in [3.05, 3.63) is 52.2 Å². The number of ether oxygens (including phenoxy) is 1. The molecule has 1 saturated heterocycles. The highest BCUT2D eigenvalue weighted by molar-refractivity contribution is 7.10. The van der Waals surface area contributed by atoms with Crippen LogP contribution < -0.4 is 10.1 Å². The fraction of sp³-hybridized carbons (Fsp3) is 0.294. The summed E-state index contributed by atoms with van der Waals surface area (Å²) >= 11 is 1.59. The maximum absolute atomic E-state index is 12.2. The molecule has 0 aliphatic carbocycles. The van der Waals surface area contributed by atoms with Crippen molar-refractivity contribution in [3.8, 4) is 11.8 Å². The van der Waals surface area contributed by atoms with Crippen molar-refractivity contribution in [2.45, 2.75) is 6.04 Å². The second-order valence-electron chi connectivity index (χ2n) is 5.23. The third-order valence-electron chi connectivity index (χ3n) is 3.73. The van der Waals surface area contributed by atoms with Crippen LogP contribution in [0.3, 0.4) is 0 Å². The standard InChI is InChI=1S/C17H17N3O2S/c18-12-13-3-1-4-14(11-13)22-9-8-20-7-6-19-17(21)16(20)15-5-2-10-23-15/h1-5,10-11,16H,6-9H2,(H,19,21)/t16-/m0/s1. The Balaban J connectivity index is 1.62. The molecule has 5 nitrogen and oxygen atoms in total. The minimum absolute atomic E-state index is 0.0465. The van der Waals surface area contributed by atoms with E-state index in [2.05, 4.69) is 16.3 Å². The van der Waals surface area contributed by atoms with Gasteiger partial charge in [0.15, 0.2) is 0 Å². The molecule has 1 N–H and O–H groups in total. The Kier molecular flexibility index (Phi) is 4.91. The average molecular weight is 327 g/mol. The van der Waals surface area contributed by atoms with E-state index in [0.717, 1.165) is 11.4 Å². The quantitative estimate of drug-likeness (QED) is 0.914. The summed E-state index contributed by atoms with van der Waals surface area (Å²) in [6, 6.07) is 12.9. The Labute approximate surface area is 139 Å². The van der Waals surface area contributed by atoms with Gasteiger partial charge in [0.05, 0.1) is 11.6 Å². The zero-order valence-corrected chi connectivity index (χ0v) is 13.4. The lowest BCUT2D eigenvalue weighted by molar-refractivity contribution is -0.129. The first kappa shape index (κ1) is 15.5. The Morgan fingerprint density at radius 1 is 1.39 bits per heavy atom. The number of nitrogens with zero attached hydrogens (tertiary/aromatic N) is 2. The Bertz CT molecular complexity index is 709. The molecule has 1 atom stereocenters. The van der Waals surface area contributed by atoms with E-state index < -0.39 is 0 Å². The molecule has 0 unspecified atom stereocenters. The van der Waals surface area contributed by atoms with E-state index in [-0.39, 0.29) is 11.9 Å². The summed E-state index contributed by atoms with van der Waals surface area (Å²) in [5, 5.41) is 13.8. The summed E-state index contributed by atoms with van der Waals surface area (Å²) in [4.78, 5) is 15.4. The van der Waals surface area contributed by atoms with Gasteiger partial charge in [-0.25, -0.2) is 0 Å². The molecule has 0 radical (unpaired) electrons. The number of thiophene rings is 1. The molecule has 118 valence electrons. The molecular formula is C17H17N3O2S. The molecule has 2 heterocycles. The van der Waals surface area contributed by atoms with E-state index in [4.69, 9.17) is 10.00 Å². The van der Waals surface area contributed by atoms with E-state index in [9.17, 15) is 4.79 Å². The second kappa shape index (κ2) is 7.27. The van der Waals surface area contributed by atoms with Gasteiger partial charge >= 0.3 is 0 Å². The highest BCUT2D eigenvalue weighted by atomic mass is 32.1. The molecule has 1 aliphatic heterocycles. The van der Waals surface area contributed by atoms with Crippen LogP contribution in [0.4, 0.5) is 0 Å². The maximum Gasteiger partial charge on any atom is 0.242 e.